The van der Waals surface area contributed by atoms with Gasteiger partial charge in [0.1, 0.15) is 0 Å². The minimum atomic E-state index is 0.179. The molecule has 5 heteroatoms. The van der Waals surface area contributed by atoms with Crippen molar-refractivity contribution in [1.82, 2.24) is 19.7 Å². The van der Waals surface area contributed by atoms with E-state index in [1.54, 1.807) is 6.20 Å². The third kappa shape index (κ3) is 3.04. The van der Waals surface area contributed by atoms with Gasteiger partial charge < -0.3 is 4.90 Å². The second kappa shape index (κ2) is 6.13. The summed E-state index contributed by atoms with van der Waals surface area (Å²) in [6.45, 7) is 5.62. The van der Waals surface area contributed by atoms with Gasteiger partial charge in [0.2, 0.25) is 0 Å². The van der Waals surface area contributed by atoms with Gasteiger partial charge in [0.15, 0.2) is 11.4 Å². The summed E-state index contributed by atoms with van der Waals surface area (Å²) in [5, 5.41) is 5.17. The number of pyridine rings is 1. The van der Waals surface area contributed by atoms with Crippen molar-refractivity contribution in [2.24, 2.45) is 0 Å². The number of nitrogens with zero attached hydrogens (tertiary/aromatic N) is 4. The van der Waals surface area contributed by atoms with Crippen LogP contribution >= 0.6 is 0 Å². The lowest BCUT2D eigenvalue weighted by Crippen LogP contribution is -2.14. The molecule has 2 aromatic heterocycles. The predicted molar refractivity (Wildman–Crippen MR) is 80.1 cm³/mol. The number of aryl methyl sites for hydroxylation is 2. The highest BCUT2D eigenvalue weighted by Crippen LogP contribution is 2.20. The first kappa shape index (κ1) is 14.7. The maximum Gasteiger partial charge on any atom is 0.163 e. The fraction of sp³-hybridized carbons (Fsp3) is 0.533. The Bertz CT molecular complexity index is 616. The monoisotopic (exact) mass is 274 g/mol. The average Bonchev–Trinajstić information content (AvgIpc) is 2.79. The van der Waals surface area contributed by atoms with Crippen molar-refractivity contribution in [1.29, 1.82) is 0 Å². The van der Waals surface area contributed by atoms with Gasteiger partial charge in [-0.15, -0.1) is 0 Å². The van der Waals surface area contributed by atoms with E-state index in [-0.39, 0.29) is 5.78 Å². The zero-order chi connectivity index (χ0) is 14.7. The molecule has 0 aliphatic rings. The molecule has 2 aromatic rings. The third-order valence-electron chi connectivity index (χ3n) is 3.35. The minimum absolute atomic E-state index is 0.179. The number of hydrogen-bond donors (Lipinski definition) is 0. The van der Waals surface area contributed by atoms with Crippen LogP contribution in [0, 0.1) is 6.92 Å². The highest BCUT2D eigenvalue weighted by molar-refractivity contribution is 6.06. The highest BCUT2D eigenvalue weighted by Gasteiger charge is 2.15. The molecule has 2 rings (SSSR count). The highest BCUT2D eigenvalue weighted by atomic mass is 16.1. The van der Waals surface area contributed by atoms with Gasteiger partial charge in [-0.2, -0.15) is 5.10 Å². The zero-order valence-corrected chi connectivity index (χ0v) is 12.7. The van der Waals surface area contributed by atoms with Gasteiger partial charge in [0.25, 0.3) is 0 Å². The van der Waals surface area contributed by atoms with E-state index >= 15 is 0 Å². The number of ketones is 1. The van der Waals surface area contributed by atoms with E-state index < -0.39 is 0 Å². The second-order valence-corrected chi connectivity index (χ2v) is 5.34. The second-order valence-electron chi connectivity index (χ2n) is 5.34. The number of aromatic nitrogens is 3. The lowest BCUT2D eigenvalue weighted by molar-refractivity contribution is 0.0979. The molecule has 0 aliphatic carbocycles. The number of carbonyl (C=O) groups is 1. The molecule has 0 saturated carbocycles. The number of Topliss-reactive ketones (excluding diaryl/α,β-unsaturated/α-hetero) is 1. The predicted octanol–water partition coefficient (Wildman–Crippen LogP) is 2.28. The molecule has 0 aliphatic heterocycles. The molecule has 108 valence electrons. The first-order valence-corrected chi connectivity index (χ1v) is 7.04. The van der Waals surface area contributed by atoms with E-state index in [1.807, 2.05) is 38.7 Å². The SMILES string of the molecule is CCn1ncc2c(C(=O)CCCN(C)C)cc(C)nc21. The summed E-state index contributed by atoms with van der Waals surface area (Å²) in [4.78, 5) is 19.0. The van der Waals surface area contributed by atoms with Crippen LogP contribution in [0.3, 0.4) is 0 Å². The molecule has 20 heavy (non-hydrogen) atoms. The maximum absolute atomic E-state index is 12.4. The molecule has 0 N–H and O–H groups in total. The van der Waals surface area contributed by atoms with Crippen LogP contribution in [0.5, 0.6) is 0 Å². The molecule has 0 fully saturated rings. The summed E-state index contributed by atoms with van der Waals surface area (Å²) >= 11 is 0. The van der Waals surface area contributed by atoms with Crippen LogP contribution in [0.4, 0.5) is 0 Å². The largest absolute Gasteiger partial charge is 0.309 e. The lowest BCUT2D eigenvalue weighted by Gasteiger charge is -2.09. The molecular formula is C15H22N4O. The maximum atomic E-state index is 12.4. The van der Waals surface area contributed by atoms with E-state index in [4.69, 9.17) is 0 Å². The van der Waals surface area contributed by atoms with Crippen molar-refractivity contribution in [2.45, 2.75) is 33.2 Å². The molecule has 0 aromatic carbocycles. The van der Waals surface area contributed by atoms with Crippen molar-refractivity contribution < 1.29 is 4.79 Å². The molecule has 5 nitrogen and oxygen atoms in total. The summed E-state index contributed by atoms with van der Waals surface area (Å²) in [7, 11) is 4.04. The molecule has 0 unspecified atom stereocenters. The Morgan fingerprint density at radius 1 is 1.40 bits per heavy atom. The topological polar surface area (TPSA) is 51.0 Å². The molecule has 0 atom stereocenters. The van der Waals surface area contributed by atoms with E-state index in [0.717, 1.165) is 41.8 Å². The molecular weight excluding hydrogens is 252 g/mol. The van der Waals surface area contributed by atoms with Crippen LogP contribution in [-0.4, -0.2) is 46.1 Å². The van der Waals surface area contributed by atoms with Crippen molar-refractivity contribution in [3.63, 3.8) is 0 Å². The van der Waals surface area contributed by atoms with Crippen molar-refractivity contribution in [2.75, 3.05) is 20.6 Å². The smallest absolute Gasteiger partial charge is 0.163 e. The van der Waals surface area contributed by atoms with Crippen molar-refractivity contribution in [3.8, 4) is 0 Å². The molecule has 2 heterocycles. The Morgan fingerprint density at radius 3 is 2.80 bits per heavy atom. The van der Waals surface area contributed by atoms with Crippen LogP contribution in [0.25, 0.3) is 11.0 Å². The first-order valence-electron chi connectivity index (χ1n) is 7.04. The Kier molecular flexibility index (Phi) is 4.49. The summed E-state index contributed by atoms with van der Waals surface area (Å²) in [5.41, 5.74) is 2.43. The Hall–Kier alpha value is -1.75. The van der Waals surface area contributed by atoms with Gasteiger partial charge in [-0.05, 0) is 47.0 Å². The van der Waals surface area contributed by atoms with E-state index in [2.05, 4.69) is 15.0 Å². The van der Waals surface area contributed by atoms with Crippen LogP contribution in [0.15, 0.2) is 12.3 Å². The zero-order valence-electron chi connectivity index (χ0n) is 12.7. The van der Waals surface area contributed by atoms with Gasteiger partial charge >= 0.3 is 0 Å². The fourth-order valence-corrected chi connectivity index (χ4v) is 2.33. The van der Waals surface area contributed by atoms with E-state index in [0.29, 0.717) is 6.42 Å². The Balaban J connectivity index is 2.29. The summed E-state index contributed by atoms with van der Waals surface area (Å²) in [5.74, 6) is 0.179. The molecule has 0 spiro atoms. The van der Waals surface area contributed by atoms with Gasteiger partial charge in [0, 0.05) is 29.6 Å². The minimum Gasteiger partial charge on any atom is -0.309 e. The van der Waals surface area contributed by atoms with Gasteiger partial charge in [0.05, 0.1) is 6.20 Å². The summed E-state index contributed by atoms with van der Waals surface area (Å²) in [6.07, 6.45) is 3.19. The van der Waals surface area contributed by atoms with Crippen LogP contribution < -0.4 is 0 Å². The van der Waals surface area contributed by atoms with Crippen LogP contribution in [0.2, 0.25) is 0 Å². The van der Waals surface area contributed by atoms with Gasteiger partial charge in [-0.3, -0.25) is 4.79 Å². The summed E-state index contributed by atoms with van der Waals surface area (Å²) in [6, 6.07) is 1.88. The van der Waals surface area contributed by atoms with Gasteiger partial charge in [-0.25, -0.2) is 9.67 Å². The van der Waals surface area contributed by atoms with E-state index in [1.165, 1.54) is 0 Å². The Labute approximate surface area is 119 Å². The summed E-state index contributed by atoms with van der Waals surface area (Å²) < 4.78 is 1.83. The number of hydrogen-bond acceptors (Lipinski definition) is 4. The molecule has 0 radical (unpaired) electrons. The van der Waals surface area contributed by atoms with Crippen LogP contribution in [0.1, 0.15) is 35.8 Å². The fourth-order valence-electron chi connectivity index (χ4n) is 2.33. The number of rotatable bonds is 6. The number of carbonyl (C=O) groups excluding carboxylic acids is 1. The van der Waals surface area contributed by atoms with Gasteiger partial charge in [-0.1, -0.05) is 0 Å². The normalized spacial score (nSPS) is 11.4. The van der Waals surface area contributed by atoms with Crippen LogP contribution in [-0.2, 0) is 6.54 Å². The average molecular weight is 274 g/mol. The quantitative estimate of drug-likeness (QED) is 0.758. The molecule has 0 bridgehead atoms. The van der Waals surface area contributed by atoms with Crippen molar-refractivity contribution >= 4 is 16.8 Å². The van der Waals surface area contributed by atoms with E-state index in [9.17, 15) is 4.79 Å². The Morgan fingerprint density at radius 2 is 2.15 bits per heavy atom. The molecule has 0 amide bonds. The third-order valence-corrected chi connectivity index (χ3v) is 3.35. The number of fused-ring (bicyclic) bond motifs is 1. The lowest BCUT2D eigenvalue weighted by atomic mass is 10.0. The molecule has 0 saturated heterocycles. The van der Waals surface area contributed by atoms with Crippen molar-refractivity contribution in [3.05, 3.63) is 23.5 Å². The first-order chi connectivity index (χ1) is 9.52. The standard InChI is InChI=1S/C15H22N4O/c1-5-19-15-13(10-16-19)12(9-11(2)17-15)14(20)7-6-8-18(3)4/h9-10H,5-8H2,1-4H3.